The number of ketones is 1. The molecule has 1 N–H and O–H groups in total. The quantitative estimate of drug-likeness (QED) is 0.567. The first-order valence-electron chi connectivity index (χ1n) is 11.4. The Morgan fingerprint density at radius 3 is 2.29 bits per heavy atom. The Balaban J connectivity index is 1.77. The molecule has 0 aromatic heterocycles. The Morgan fingerprint density at radius 2 is 1.74 bits per heavy atom. The van der Waals surface area contributed by atoms with Crippen LogP contribution in [0.5, 0.6) is 0 Å². The molecule has 2 aromatic carbocycles. The number of hydrogen-bond acceptors (Lipinski definition) is 6. The minimum absolute atomic E-state index is 0.0940. The normalized spacial score (nSPS) is 14.4. The number of amides is 1. The molecular weight excluding hydrogens is 457 g/mol. The van der Waals surface area contributed by atoms with Crippen molar-refractivity contribution in [3.63, 3.8) is 0 Å². The van der Waals surface area contributed by atoms with Gasteiger partial charge < -0.3 is 15.1 Å². The predicted molar refractivity (Wildman–Crippen MR) is 132 cm³/mol. The van der Waals surface area contributed by atoms with Crippen LogP contribution < -0.4 is 10.2 Å². The molecule has 0 spiro atoms. The van der Waals surface area contributed by atoms with E-state index in [9.17, 15) is 22.4 Å². The molecule has 0 unspecified atom stereocenters. The molecule has 2 aromatic rings. The number of Topliss-reactive ketones (excluding diaryl/α,β-unsaturated/α-hetero) is 1. The average Bonchev–Trinajstić information content (AvgIpc) is 2.78. The lowest BCUT2D eigenvalue weighted by Crippen LogP contribution is -2.49. The molecule has 1 aliphatic heterocycles. The van der Waals surface area contributed by atoms with Crippen LogP contribution in [0, 0.1) is 11.7 Å². The molecular formula is C25H32FN3O4S. The van der Waals surface area contributed by atoms with Crippen LogP contribution in [0.25, 0.3) is 0 Å². The standard InChI is InChI=1S/C25H32FN3O4S/c1-17(2)9-10-27-23-7-6-20(34(4,32)33)16-21(23)25(31)29-13-11-28(12-14-29)24-8-5-19(18(3)30)15-22(24)26/h5-8,15-17,27H,9-14H2,1-4H3. The van der Waals surface area contributed by atoms with E-state index in [1.807, 2.05) is 4.90 Å². The molecule has 0 atom stereocenters. The molecule has 0 radical (unpaired) electrons. The van der Waals surface area contributed by atoms with Gasteiger partial charge in [-0.25, -0.2) is 12.8 Å². The molecule has 1 heterocycles. The number of nitrogens with zero attached hydrogens (tertiary/aromatic N) is 2. The second-order valence-electron chi connectivity index (χ2n) is 9.09. The maximum absolute atomic E-state index is 14.6. The third-order valence-corrected chi connectivity index (χ3v) is 7.06. The first-order valence-corrected chi connectivity index (χ1v) is 13.3. The van der Waals surface area contributed by atoms with Crippen LogP contribution in [-0.4, -0.2) is 64.0 Å². The number of piperazine rings is 1. The largest absolute Gasteiger partial charge is 0.384 e. The number of sulfone groups is 1. The van der Waals surface area contributed by atoms with E-state index >= 15 is 0 Å². The molecule has 1 aliphatic rings. The SMILES string of the molecule is CC(=O)c1ccc(N2CCN(C(=O)c3cc(S(C)(=O)=O)ccc3NCCC(C)C)CC2)c(F)c1. The highest BCUT2D eigenvalue weighted by Crippen LogP contribution is 2.26. The summed E-state index contributed by atoms with van der Waals surface area (Å²) in [5.74, 6) is -0.440. The van der Waals surface area contributed by atoms with Crippen LogP contribution in [0.2, 0.25) is 0 Å². The van der Waals surface area contributed by atoms with Gasteiger partial charge in [0.05, 0.1) is 16.1 Å². The first-order chi connectivity index (χ1) is 16.0. The summed E-state index contributed by atoms with van der Waals surface area (Å²) in [6, 6.07) is 9.02. The number of nitrogens with one attached hydrogen (secondary N) is 1. The summed E-state index contributed by atoms with van der Waals surface area (Å²) in [7, 11) is -3.47. The van der Waals surface area contributed by atoms with Gasteiger partial charge in [-0.1, -0.05) is 13.8 Å². The molecule has 9 heteroatoms. The fourth-order valence-electron chi connectivity index (χ4n) is 3.88. The zero-order valence-corrected chi connectivity index (χ0v) is 20.9. The van der Waals surface area contributed by atoms with Crippen molar-refractivity contribution in [2.24, 2.45) is 5.92 Å². The minimum Gasteiger partial charge on any atom is -0.384 e. The van der Waals surface area contributed by atoms with E-state index in [0.717, 1.165) is 12.7 Å². The number of rotatable bonds is 8. The number of benzene rings is 2. The summed E-state index contributed by atoms with van der Waals surface area (Å²) in [5.41, 5.74) is 1.63. The van der Waals surface area contributed by atoms with Crippen LogP contribution >= 0.6 is 0 Å². The Morgan fingerprint density at radius 1 is 1.06 bits per heavy atom. The monoisotopic (exact) mass is 489 g/mol. The fourth-order valence-corrected chi connectivity index (χ4v) is 4.53. The summed E-state index contributed by atoms with van der Waals surface area (Å²) in [6.07, 6.45) is 2.03. The topological polar surface area (TPSA) is 86.8 Å². The molecule has 0 saturated carbocycles. The van der Waals surface area contributed by atoms with E-state index in [0.29, 0.717) is 61.1 Å². The fraction of sp³-hybridized carbons (Fsp3) is 0.440. The smallest absolute Gasteiger partial charge is 0.256 e. The van der Waals surface area contributed by atoms with Gasteiger partial charge in [0.25, 0.3) is 5.91 Å². The number of carbonyl (C=O) groups is 2. The maximum atomic E-state index is 14.6. The van der Waals surface area contributed by atoms with Crippen molar-refractivity contribution in [1.29, 1.82) is 0 Å². The second-order valence-corrected chi connectivity index (χ2v) is 11.1. The second kappa shape index (κ2) is 10.5. The molecule has 3 rings (SSSR count). The summed E-state index contributed by atoms with van der Waals surface area (Å²) in [5, 5.41) is 3.27. The van der Waals surface area contributed by atoms with Gasteiger partial charge in [0.2, 0.25) is 0 Å². The Kier molecular flexibility index (Phi) is 7.97. The van der Waals surface area contributed by atoms with Crippen molar-refractivity contribution in [2.45, 2.75) is 32.1 Å². The molecule has 0 bridgehead atoms. The van der Waals surface area contributed by atoms with Gasteiger partial charge in [-0.3, -0.25) is 9.59 Å². The lowest BCUT2D eigenvalue weighted by atomic mass is 10.1. The van der Waals surface area contributed by atoms with Gasteiger partial charge >= 0.3 is 0 Å². The van der Waals surface area contributed by atoms with Crippen LogP contribution in [0.15, 0.2) is 41.3 Å². The van der Waals surface area contributed by atoms with E-state index in [2.05, 4.69) is 19.2 Å². The lowest BCUT2D eigenvalue weighted by Gasteiger charge is -2.36. The van der Waals surface area contributed by atoms with E-state index in [1.54, 1.807) is 23.1 Å². The van der Waals surface area contributed by atoms with E-state index < -0.39 is 15.7 Å². The molecule has 1 saturated heterocycles. The van der Waals surface area contributed by atoms with Crippen molar-refractivity contribution < 1.29 is 22.4 Å². The third-order valence-electron chi connectivity index (χ3n) is 5.95. The number of carbonyl (C=O) groups excluding carboxylic acids is 2. The van der Waals surface area contributed by atoms with Gasteiger partial charge in [0, 0.05) is 50.2 Å². The predicted octanol–water partition coefficient (Wildman–Crippen LogP) is 3.85. The average molecular weight is 490 g/mol. The van der Waals surface area contributed by atoms with Crippen LogP contribution in [0.3, 0.4) is 0 Å². The minimum atomic E-state index is -3.47. The Hall–Kier alpha value is -2.94. The highest BCUT2D eigenvalue weighted by molar-refractivity contribution is 7.90. The van der Waals surface area contributed by atoms with Crippen LogP contribution in [0.4, 0.5) is 15.8 Å². The lowest BCUT2D eigenvalue weighted by molar-refractivity contribution is 0.0747. The van der Waals surface area contributed by atoms with Gasteiger partial charge in [0.15, 0.2) is 15.6 Å². The number of halogens is 1. The van der Waals surface area contributed by atoms with Crippen molar-refractivity contribution in [3.05, 3.63) is 53.3 Å². The number of hydrogen-bond donors (Lipinski definition) is 1. The van der Waals surface area contributed by atoms with E-state index in [1.165, 1.54) is 25.1 Å². The maximum Gasteiger partial charge on any atom is 0.256 e. The summed E-state index contributed by atoms with van der Waals surface area (Å²) >= 11 is 0. The molecule has 7 nitrogen and oxygen atoms in total. The zero-order chi connectivity index (χ0) is 25.0. The molecule has 1 fully saturated rings. The highest BCUT2D eigenvalue weighted by Gasteiger charge is 2.26. The van der Waals surface area contributed by atoms with Gasteiger partial charge in [-0.15, -0.1) is 0 Å². The summed E-state index contributed by atoms with van der Waals surface area (Å²) in [4.78, 5) is 28.5. The number of anilines is 2. The molecule has 184 valence electrons. The van der Waals surface area contributed by atoms with Gasteiger partial charge in [-0.2, -0.15) is 0 Å². The van der Waals surface area contributed by atoms with Crippen LogP contribution in [0.1, 0.15) is 47.9 Å². The van der Waals surface area contributed by atoms with Crippen molar-refractivity contribution in [2.75, 3.05) is 49.2 Å². The van der Waals surface area contributed by atoms with Crippen LogP contribution in [-0.2, 0) is 9.84 Å². The van der Waals surface area contributed by atoms with Crippen molar-refractivity contribution in [1.82, 2.24) is 4.90 Å². The Bertz CT molecular complexity index is 1170. The first kappa shape index (κ1) is 25.7. The zero-order valence-electron chi connectivity index (χ0n) is 20.1. The molecule has 0 aliphatic carbocycles. The third kappa shape index (κ3) is 6.14. The highest BCUT2D eigenvalue weighted by atomic mass is 32.2. The molecule has 1 amide bonds. The van der Waals surface area contributed by atoms with E-state index in [4.69, 9.17) is 0 Å². The van der Waals surface area contributed by atoms with Crippen molar-refractivity contribution in [3.8, 4) is 0 Å². The summed E-state index contributed by atoms with van der Waals surface area (Å²) < 4.78 is 38.7. The van der Waals surface area contributed by atoms with Crippen molar-refractivity contribution >= 4 is 32.9 Å². The van der Waals surface area contributed by atoms with Gasteiger partial charge in [-0.05, 0) is 55.7 Å². The summed E-state index contributed by atoms with van der Waals surface area (Å²) in [6.45, 7) is 7.84. The Labute approximate surface area is 200 Å². The van der Waals surface area contributed by atoms with Gasteiger partial charge in [0.1, 0.15) is 5.82 Å². The van der Waals surface area contributed by atoms with E-state index in [-0.39, 0.29) is 16.6 Å². The molecule has 34 heavy (non-hydrogen) atoms.